The van der Waals surface area contributed by atoms with Gasteiger partial charge in [-0.05, 0) is 62.4 Å². The molecule has 0 amide bonds. The number of nitrogens with one attached hydrogen (secondary N) is 2. The molecule has 0 fully saturated rings. The highest BCUT2D eigenvalue weighted by atomic mass is 35.5. The Labute approximate surface area is 152 Å². The molecule has 0 aliphatic heterocycles. The van der Waals surface area contributed by atoms with Gasteiger partial charge in [0.25, 0.3) is 0 Å². The molecule has 25 heavy (non-hydrogen) atoms. The maximum atomic E-state index is 5.99. The van der Waals surface area contributed by atoms with Gasteiger partial charge in [-0.15, -0.1) is 0 Å². The van der Waals surface area contributed by atoms with Crippen LogP contribution in [0.3, 0.4) is 0 Å². The van der Waals surface area contributed by atoms with Crippen LogP contribution in [0.25, 0.3) is 0 Å². The molecule has 0 spiro atoms. The quantitative estimate of drug-likeness (QED) is 0.620. The van der Waals surface area contributed by atoms with Crippen LogP contribution in [0.1, 0.15) is 13.8 Å². The molecule has 0 atom stereocenters. The molecule has 0 saturated heterocycles. The predicted molar refractivity (Wildman–Crippen MR) is 102 cm³/mol. The van der Waals surface area contributed by atoms with Crippen LogP contribution in [0, 0.1) is 0 Å². The van der Waals surface area contributed by atoms with Crippen molar-refractivity contribution in [1.29, 1.82) is 0 Å². The fourth-order valence-electron chi connectivity index (χ4n) is 2.22. The lowest BCUT2D eigenvalue weighted by Crippen LogP contribution is -2.05. The predicted octanol–water partition coefficient (Wildman–Crippen LogP) is 5.40. The number of hydrogen-bond donors (Lipinski definition) is 2. The summed E-state index contributed by atoms with van der Waals surface area (Å²) in [5.74, 6) is 2.02. The van der Waals surface area contributed by atoms with Gasteiger partial charge in [0.15, 0.2) is 0 Å². The molecule has 0 aliphatic carbocycles. The van der Waals surface area contributed by atoms with Crippen LogP contribution in [0.4, 0.5) is 23.1 Å². The topological polar surface area (TPSA) is 59.1 Å². The summed E-state index contributed by atoms with van der Waals surface area (Å²) in [6, 6.07) is 17.0. The summed E-state index contributed by atoms with van der Waals surface area (Å²) in [6.45, 7) is 4.00. The Morgan fingerprint density at radius 2 is 1.76 bits per heavy atom. The number of aromatic nitrogens is 2. The van der Waals surface area contributed by atoms with Gasteiger partial charge in [0, 0.05) is 22.6 Å². The normalized spacial score (nSPS) is 10.6. The van der Waals surface area contributed by atoms with Crippen molar-refractivity contribution in [2.45, 2.75) is 20.0 Å². The van der Waals surface area contributed by atoms with E-state index in [4.69, 9.17) is 16.3 Å². The van der Waals surface area contributed by atoms with Gasteiger partial charge < -0.3 is 15.4 Å². The van der Waals surface area contributed by atoms with Gasteiger partial charge in [-0.3, -0.25) is 0 Å². The highest BCUT2D eigenvalue weighted by Crippen LogP contribution is 2.22. The van der Waals surface area contributed by atoms with Crippen molar-refractivity contribution in [1.82, 2.24) is 9.97 Å². The lowest BCUT2D eigenvalue weighted by atomic mass is 10.3. The second-order valence-corrected chi connectivity index (χ2v) is 6.15. The summed E-state index contributed by atoms with van der Waals surface area (Å²) in [4.78, 5) is 8.68. The molecule has 0 unspecified atom stereocenters. The lowest BCUT2D eigenvalue weighted by Gasteiger charge is -2.11. The van der Waals surface area contributed by atoms with Crippen LogP contribution < -0.4 is 15.4 Å². The maximum Gasteiger partial charge on any atom is 0.229 e. The van der Waals surface area contributed by atoms with E-state index in [1.54, 1.807) is 6.20 Å². The van der Waals surface area contributed by atoms with E-state index in [9.17, 15) is 0 Å². The SMILES string of the molecule is CC(C)Oc1ccc(Nc2ccnc(Nc3cccc(Cl)c3)n2)cc1. The van der Waals surface area contributed by atoms with E-state index in [1.165, 1.54) is 0 Å². The fourth-order valence-corrected chi connectivity index (χ4v) is 2.41. The van der Waals surface area contributed by atoms with Gasteiger partial charge in [-0.2, -0.15) is 4.98 Å². The molecule has 3 aromatic rings. The molecular weight excluding hydrogens is 336 g/mol. The van der Waals surface area contributed by atoms with Crippen molar-refractivity contribution in [3.63, 3.8) is 0 Å². The molecule has 0 aliphatic rings. The maximum absolute atomic E-state index is 5.99. The van der Waals surface area contributed by atoms with Crippen LogP contribution in [0.5, 0.6) is 5.75 Å². The second kappa shape index (κ2) is 7.85. The minimum atomic E-state index is 0.154. The van der Waals surface area contributed by atoms with E-state index in [0.29, 0.717) is 16.8 Å². The Morgan fingerprint density at radius 3 is 2.48 bits per heavy atom. The monoisotopic (exact) mass is 354 g/mol. The first-order valence-electron chi connectivity index (χ1n) is 7.98. The highest BCUT2D eigenvalue weighted by Gasteiger charge is 2.03. The fraction of sp³-hybridized carbons (Fsp3) is 0.158. The molecule has 5 nitrogen and oxygen atoms in total. The number of ether oxygens (including phenoxy) is 1. The number of rotatable bonds is 6. The van der Waals surface area contributed by atoms with Gasteiger partial charge in [-0.25, -0.2) is 4.98 Å². The Kier molecular flexibility index (Phi) is 5.36. The van der Waals surface area contributed by atoms with E-state index in [0.717, 1.165) is 17.1 Å². The first-order chi connectivity index (χ1) is 12.1. The van der Waals surface area contributed by atoms with Gasteiger partial charge in [-0.1, -0.05) is 17.7 Å². The number of benzene rings is 2. The van der Waals surface area contributed by atoms with Crippen LogP contribution in [-0.4, -0.2) is 16.1 Å². The summed E-state index contributed by atoms with van der Waals surface area (Å²) in [6.07, 6.45) is 1.85. The first kappa shape index (κ1) is 17.0. The smallest absolute Gasteiger partial charge is 0.229 e. The number of halogens is 1. The zero-order chi connectivity index (χ0) is 17.6. The number of nitrogens with zero attached hydrogens (tertiary/aromatic N) is 2. The molecular formula is C19H19ClN4O. The Balaban J connectivity index is 1.69. The molecule has 3 rings (SSSR count). The van der Waals surface area contributed by atoms with Gasteiger partial charge in [0.2, 0.25) is 5.95 Å². The van der Waals surface area contributed by atoms with E-state index in [-0.39, 0.29) is 6.10 Å². The van der Waals surface area contributed by atoms with E-state index in [2.05, 4.69) is 20.6 Å². The largest absolute Gasteiger partial charge is 0.491 e. The van der Waals surface area contributed by atoms with E-state index < -0.39 is 0 Å². The second-order valence-electron chi connectivity index (χ2n) is 5.72. The minimum Gasteiger partial charge on any atom is -0.491 e. The van der Waals surface area contributed by atoms with Crippen molar-refractivity contribution in [3.8, 4) is 5.75 Å². The van der Waals surface area contributed by atoms with Crippen molar-refractivity contribution in [2.75, 3.05) is 10.6 Å². The van der Waals surface area contributed by atoms with E-state index in [1.807, 2.05) is 68.4 Å². The highest BCUT2D eigenvalue weighted by molar-refractivity contribution is 6.30. The van der Waals surface area contributed by atoms with Gasteiger partial charge >= 0.3 is 0 Å². The molecule has 1 aromatic heterocycles. The van der Waals surface area contributed by atoms with Crippen LogP contribution >= 0.6 is 11.6 Å². The average Bonchev–Trinajstić information content (AvgIpc) is 2.57. The summed E-state index contributed by atoms with van der Waals surface area (Å²) >= 11 is 5.99. The number of hydrogen-bond acceptors (Lipinski definition) is 5. The molecule has 2 N–H and O–H groups in total. The van der Waals surface area contributed by atoms with Crippen LogP contribution in [0.2, 0.25) is 5.02 Å². The Morgan fingerprint density at radius 1 is 0.960 bits per heavy atom. The molecule has 6 heteroatoms. The molecule has 1 heterocycles. The zero-order valence-corrected chi connectivity index (χ0v) is 14.8. The zero-order valence-electron chi connectivity index (χ0n) is 14.0. The van der Waals surface area contributed by atoms with Crippen LogP contribution in [-0.2, 0) is 0 Å². The lowest BCUT2D eigenvalue weighted by molar-refractivity contribution is 0.242. The molecule has 0 bridgehead atoms. The summed E-state index contributed by atoms with van der Waals surface area (Å²) in [5, 5.41) is 7.04. The summed E-state index contributed by atoms with van der Waals surface area (Å²) in [7, 11) is 0. The third-order valence-electron chi connectivity index (χ3n) is 3.23. The average molecular weight is 355 g/mol. The first-order valence-corrected chi connectivity index (χ1v) is 8.36. The van der Waals surface area contributed by atoms with Crippen molar-refractivity contribution >= 4 is 34.7 Å². The van der Waals surface area contributed by atoms with Gasteiger partial charge in [0.1, 0.15) is 11.6 Å². The van der Waals surface area contributed by atoms with Crippen LogP contribution in [0.15, 0.2) is 60.8 Å². The Bertz CT molecular complexity index is 837. The van der Waals surface area contributed by atoms with Crippen molar-refractivity contribution in [3.05, 3.63) is 65.8 Å². The standard InChI is InChI=1S/C19H19ClN4O/c1-13(2)25-17-8-6-15(7-9-17)22-18-10-11-21-19(24-18)23-16-5-3-4-14(20)12-16/h3-13H,1-2H3,(H2,21,22,23,24). The summed E-state index contributed by atoms with van der Waals surface area (Å²) in [5.41, 5.74) is 1.75. The summed E-state index contributed by atoms with van der Waals surface area (Å²) < 4.78 is 5.64. The molecule has 2 aromatic carbocycles. The molecule has 0 saturated carbocycles. The third-order valence-corrected chi connectivity index (χ3v) is 3.47. The molecule has 0 radical (unpaired) electrons. The van der Waals surface area contributed by atoms with E-state index >= 15 is 0 Å². The Hall–Kier alpha value is -2.79. The molecule has 128 valence electrons. The van der Waals surface area contributed by atoms with Gasteiger partial charge in [0.05, 0.1) is 6.10 Å². The minimum absolute atomic E-state index is 0.154. The number of anilines is 4. The third kappa shape index (κ3) is 5.09. The van der Waals surface area contributed by atoms with Crippen molar-refractivity contribution in [2.24, 2.45) is 0 Å². The van der Waals surface area contributed by atoms with Crippen molar-refractivity contribution < 1.29 is 4.74 Å².